The van der Waals surface area contributed by atoms with Gasteiger partial charge in [0.1, 0.15) is 5.82 Å². The topological polar surface area (TPSA) is 61.8 Å². The maximum Gasteiger partial charge on any atom is 0.338 e. The number of rotatable bonds is 4. The molecular formula is C17H13FO5. The molecule has 1 atom stereocenters. The van der Waals surface area contributed by atoms with E-state index in [-0.39, 0.29) is 17.9 Å². The molecule has 6 heteroatoms. The van der Waals surface area contributed by atoms with Crippen molar-refractivity contribution in [3.05, 3.63) is 59.4 Å². The van der Waals surface area contributed by atoms with Crippen LogP contribution in [0.4, 0.5) is 4.39 Å². The highest BCUT2D eigenvalue weighted by atomic mass is 19.1. The summed E-state index contributed by atoms with van der Waals surface area (Å²) in [6, 6.07) is 9.69. The first-order valence-electron chi connectivity index (χ1n) is 6.95. The van der Waals surface area contributed by atoms with Crippen molar-refractivity contribution in [2.45, 2.75) is 13.0 Å². The third-order valence-electron chi connectivity index (χ3n) is 3.39. The number of benzene rings is 2. The lowest BCUT2D eigenvalue weighted by Gasteiger charge is -2.12. The first kappa shape index (κ1) is 15.0. The monoisotopic (exact) mass is 316 g/mol. The van der Waals surface area contributed by atoms with Crippen LogP contribution in [0, 0.1) is 5.82 Å². The van der Waals surface area contributed by atoms with E-state index in [1.807, 2.05) is 0 Å². The number of carbonyl (C=O) groups excluding carboxylic acids is 2. The lowest BCUT2D eigenvalue weighted by Crippen LogP contribution is -2.24. The Bertz CT molecular complexity index is 754. The Balaban J connectivity index is 1.69. The van der Waals surface area contributed by atoms with Gasteiger partial charge in [0.05, 0.1) is 5.56 Å². The molecule has 2 aromatic rings. The molecular weight excluding hydrogens is 303 g/mol. The number of Topliss-reactive ketones (excluding diaryl/α,β-unsaturated/α-hetero) is 1. The molecule has 0 unspecified atom stereocenters. The Morgan fingerprint density at radius 1 is 1.04 bits per heavy atom. The summed E-state index contributed by atoms with van der Waals surface area (Å²) in [6.07, 6.45) is -0.988. The van der Waals surface area contributed by atoms with Crippen molar-refractivity contribution < 1.29 is 28.2 Å². The van der Waals surface area contributed by atoms with Gasteiger partial charge in [-0.05, 0) is 49.4 Å². The molecule has 1 heterocycles. The zero-order valence-corrected chi connectivity index (χ0v) is 12.2. The number of hydrogen-bond acceptors (Lipinski definition) is 5. The summed E-state index contributed by atoms with van der Waals surface area (Å²) in [5, 5.41) is 0. The largest absolute Gasteiger partial charge is 0.454 e. The first-order valence-corrected chi connectivity index (χ1v) is 6.95. The van der Waals surface area contributed by atoms with Crippen molar-refractivity contribution in [1.82, 2.24) is 0 Å². The van der Waals surface area contributed by atoms with Crippen LogP contribution in [0.5, 0.6) is 11.5 Å². The van der Waals surface area contributed by atoms with E-state index in [4.69, 9.17) is 14.2 Å². The minimum absolute atomic E-state index is 0.104. The summed E-state index contributed by atoms with van der Waals surface area (Å²) >= 11 is 0. The molecule has 0 aliphatic carbocycles. The average Bonchev–Trinajstić information content (AvgIpc) is 3.02. The molecule has 0 amide bonds. The van der Waals surface area contributed by atoms with Crippen LogP contribution in [0.15, 0.2) is 42.5 Å². The molecule has 5 nitrogen and oxygen atoms in total. The smallest absolute Gasteiger partial charge is 0.338 e. The molecule has 1 aliphatic heterocycles. The quantitative estimate of drug-likeness (QED) is 0.641. The van der Waals surface area contributed by atoms with Gasteiger partial charge < -0.3 is 14.2 Å². The zero-order chi connectivity index (χ0) is 16.4. The van der Waals surface area contributed by atoms with E-state index in [2.05, 4.69) is 0 Å². The Morgan fingerprint density at radius 3 is 2.43 bits per heavy atom. The molecule has 3 rings (SSSR count). The normalized spacial score (nSPS) is 13.5. The van der Waals surface area contributed by atoms with Crippen LogP contribution in [-0.2, 0) is 4.74 Å². The summed E-state index contributed by atoms with van der Waals surface area (Å²) < 4.78 is 28.4. The molecule has 0 N–H and O–H groups in total. The average molecular weight is 316 g/mol. The maximum absolute atomic E-state index is 12.9. The number of esters is 1. The third-order valence-corrected chi connectivity index (χ3v) is 3.39. The summed E-state index contributed by atoms with van der Waals surface area (Å²) in [7, 11) is 0. The second kappa shape index (κ2) is 6.08. The third kappa shape index (κ3) is 3.15. The Kier molecular flexibility index (Phi) is 3.97. The van der Waals surface area contributed by atoms with Gasteiger partial charge in [-0.3, -0.25) is 4.79 Å². The standard InChI is InChI=1S/C17H13FO5/c1-10(16(19)11-2-5-13(18)6-3-11)23-17(20)12-4-7-14-15(8-12)22-9-21-14/h2-8,10H,9H2,1H3/t10-/m1/s1. The molecule has 0 bridgehead atoms. The summed E-state index contributed by atoms with van der Waals surface area (Å²) in [6.45, 7) is 1.57. The molecule has 1 aliphatic rings. The van der Waals surface area contributed by atoms with Crippen molar-refractivity contribution in [2.75, 3.05) is 6.79 Å². The molecule has 2 aromatic carbocycles. The SMILES string of the molecule is C[C@@H](OC(=O)c1ccc2c(c1)OCO2)C(=O)c1ccc(F)cc1. The maximum atomic E-state index is 12.9. The van der Waals surface area contributed by atoms with E-state index in [0.29, 0.717) is 11.5 Å². The molecule has 0 radical (unpaired) electrons. The Labute approximate surface area is 131 Å². The Hall–Kier alpha value is -2.89. The highest BCUT2D eigenvalue weighted by molar-refractivity contribution is 6.01. The van der Waals surface area contributed by atoms with Crippen molar-refractivity contribution in [3.63, 3.8) is 0 Å². The minimum Gasteiger partial charge on any atom is -0.454 e. The lowest BCUT2D eigenvalue weighted by molar-refractivity contribution is 0.0318. The van der Waals surface area contributed by atoms with Gasteiger partial charge in [-0.25, -0.2) is 9.18 Å². The molecule has 23 heavy (non-hydrogen) atoms. The molecule has 0 aromatic heterocycles. The van der Waals surface area contributed by atoms with Crippen LogP contribution < -0.4 is 9.47 Å². The predicted octanol–water partition coefficient (Wildman–Crippen LogP) is 2.98. The summed E-state index contributed by atoms with van der Waals surface area (Å²) in [4.78, 5) is 24.3. The fourth-order valence-corrected chi connectivity index (χ4v) is 2.15. The van der Waals surface area contributed by atoms with Gasteiger partial charge in [-0.2, -0.15) is 0 Å². The first-order chi connectivity index (χ1) is 11.0. The highest BCUT2D eigenvalue weighted by Crippen LogP contribution is 2.32. The number of fused-ring (bicyclic) bond motifs is 1. The van der Waals surface area contributed by atoms with Gasteiger partial charge in [0.15, 0.2) is 17.6 Å². The van der Waals surface area contributed by atoms with Crippen LogP contribution >= 0.6 is 0 Å². The van der Waals surface area contributed by atoms with Gasteiger partial charge in [0.2, 0.25) is 12.6 Å². The molecule has 0 spiro atoms. The summed E-state index contributed by atoms with van der Waals surface area (Å²) in [5.74, 6) is -0.481. The van der Waals surface area contributed by atoms with Crippen molar-refractivity contribution >= 4 is 11.8 Å². The van der Waals surface area contributed by atoms with E-state index >= 15 is 0 Å². The van der Waals surface area contributed by atoms with Gasteiger partial charge in [0.25, 0.3) is 0 Å². The van der Waals surface area contributed by atoms with Gasteiger partial charge in [-0.15, -0.1) is 0 Å². The fraction of sp³-hybridized carbons (Fsp3) is 0.176. The number of ether oxygens (including phenoxy) is 3. The van der Waals surface area contributed by atoms with Crippen molar-refractivity contribution in [1.29, 1.82) is 0 Å². The highest BCUT2D eigenvalue weighted by Gasteiger charge is 2.22. The fourth-order valence-electron chi connectivity index (χ4n) is 2.15. The van der Waals surface area contributed by atoms with Gasteiger partial charge >= 0.3 is 5.97 Å². The summed E-state index contributed by atoms with van der Waals surface area (Å²) in [5.41, 5.74) is 0.533. The Morgan fingerprint density at radius 2 is 1.70 bits per heavy atom. The van der Waals surface area contributed by atoms with E-state index < -0.39 is 23.7 Å². The molecule has 0 fully saturated rings. The van der Waals surface area contributed by atoms with Crippen LogP contribution in [0.1, 0.15) is 27.6 Å². The van der Waals surface area contributed by atoms with E-state index in [9.17, 15) is 14.0 Å². The van der Waals surface area contributed by atoms with Gasteiger partial charge in [-0.1, -0.05) is 0 Å². The second-order valence-electron chi connectivity index (χ2n) is 4.99. The lowest BCUT2D eigenvalue weighted by atomic mass is 10.1. The number of carbonyl (C=O) groups is 2. The second-order valence-corrected chi connectivity index (χ2v) is 4.99. The number of halogens is 1. The van der Waals surface area contributed by atoms with E-state index in [0.717, 1.165) is 0 Å². The minimum atomic E-state index is -0.988. The van der Waals surface area contributed by atoms with Crippen LogP contribution in [0.3, 0.4) is 0 Å². The molecule has 118 valence electrons. The van der Waals surface area contributed by atoms with E-state index in [1.165, 1.54) is 43.3 Å². The predicted molar refractivity (Wildman–Crippen MR) is 78.2 cm³/mol. The zero-order valence-electron chi connectivity index (χ0n) is 12.2. The number of ketones is 1. The van der Waals surface area contributed by atoms with Crippen LogP contribution in [-0.4, -0.2) is 24.6 Å². The van der Waals surface area contributed by atoms with E-state index in [1.54, 1.807) is 6.07 Å². The van der Waals surface area contributed by atoms with Crippen molar-refractivity contribution in [2.24, 2.45) is 0 Å². The van der Waals surface area contributed by atoms with Crippen LogP contribution in [0.25, 0.3) is 0 Å². The molecule has 0 saturated carbocycles. The molecule has 0 saturated heterocycles. The van der Waals surface area contributed by atoms with Crippen molar-refractivity contribution in [3.8, 4) is 11.5 Å². The number of hydrogen-bond donors (Lipinski definition) is 0. The van der Waals surface area contributed by atoms with Crippen LogP contribution in [0.2, 0.25) is 0 Å². The van der Waals surface area contributed by atoms with Gasteiger partial charge in [0, 0.05) is 5.56 Å².